The minimum absolute atomic E-state index is 0.192. The summed E-state index contributed by atoms with van der Waals surface area (Å²) in [6.45, 7) is 3.65. The molecule has 10 heteroatoms. The lowest BCUT2D eigenvalue weighted by Crippen LogP contribution is -2.56. The van der Waals surface area contributed by atoms with Gasteiger partial charge in [0.1, 0.15) is 0 Å². The Balaban J connectivity index is 1.99. The molecule has 0 unspecified atom stereocenters. The lowest BCUT2D eigenvalue weighted by Gasteiger charge is -2.25. The Morgan fingerprint density at radius 3 is 2.72 bits per heavy atom. The second-order valence-corrected chi connectivity index (χ2v) is 5.17. The number of benzene rings is 1. The minimum Gasteiger partial charge on any atom is -0.493 e. The Bertz CT molecular complexity index is 731. The number of amides is 4. The van der Waals surface area contributed by atoms with Gasteiger partial charge in [-0.05, 0) is 32.0 Å². The van der Waals surface area contributed by atoms with E-state index in [-0.39, 0.29) is 6.54 Å². The van der Waals surface area contributed by atoms with Crippen LogP contribution >= 0.6 is 0 Å². The van der Waals surface area contributed by atoms with Crippen molar-refractivity contribution in [3.8, 4) is 11.5 Å². The van der Waals surface area contributed by atoms with E-state index in [1.807, 2.05) is 0 Å². The van der Waals surface area contributed by atoms with Gasteiger partial charge < -0.3 is 9.47 Å². The van der Waals surface area contributed by atoms with E-state index in [4.69, 9.17) is 9.47 Å². The number of hydrazine groups is 1. The molecule has 0 aliphatic carbocycles. The highest BCUT2D eigenvalue weighted by molar-refractivity contribution is 6.00. The van der Waals surface area contributed by atoms with Crippen LogP contribution < -0.4 is 25.8 Å². The predicted octanol–water partition coefficient (Wildman–Crippen LogP) is 1.04. The highest BCUT2D eigenvalue weighted by Gasteiger charge is 2.20. The summed E-state index contributed by atoms with van der Waals surface area (Å²) in [4.78, 5) is 23.5. The third kappa shape index (κ3) is 4.59. The predicted molar refractivity (Wildman–Crippen MR) is 91.8 cm³/mol. The van der Waals surface area contributed by atoms with E-state index in [0.717, 1.165) is 10.6 Å². The number of hydrazone groups is 2. The fourth-order valence-electron chi connectivity index (χ4n) is 2.04. The van der Waals surface area contributed by atoms with E-state index in [9.17, 15) is 9.59 Å². The van der Waals surface area contributed by atoms with Crippen LogP contribution in [0.1, 0.15) is 19.4 Å². The normalized spacial score (nSPS) is 14.4. The number of carbonyl (C=O) groups is 2. The molecular formula is C15H20N6O4. The zero-order valence-electron chi connectivity index (χ0n) is 14.4. The molecule has 0 radical (unpaired) electrons. The second-order valence-electron chi connectivity index (χ2n) is 5.17. The number of methoxy groups -OCH3 is 2. The van der Waals surface area contributed by atoms with Crippen molar-refractivity contribution in [2.75, 3.05) is 20.8 Å². The molecule has 0 spiro atoms. The summed E-state index contributed by atoms with van der Waals surface area (Å²) in [7, 11) is 3.09. The Morgan fingerprint density at radius 1 is 1.32 bits per heavy atom. The lowest BCUT2D eigenvalue weighted by molar-refractivity contribution is 0.173. The molecule has 25 heavy (non-hydrogen) atoms. The molecule has 0 saturated heterocycles. The number of ether oxygens (including phenoxy) is 2. The first-order chi connectivity index (χ1) is 11.9. The van der Waals surface area contributed by atoms with Crippen molar-refractivity contribution >= 4 is 23.5 Å². The largest absolute Gasteiger partial charge is 0.493 e. The van der Waals surface area contributed by atoms with E-state index in [1.54, 1.807) is 39.2 Å². The van der Waals surface area contributed by atoms with Gasteiger partial charge in [-0.1, -0.05) is 0 Å². The Kier molecular flexibility index (Phi) is 5.77. The monoisotopic (exact) mass is 348 g/mol. The van der Waals surface area contributed by atoms with Crippen LogP contribution in [0.2, 0.25) is 0 Å². The van der Waals surface area contributed by atoms with Crippen LogP contribution in [0.5, 0.6) is 11.5 Å². The molecule has 0 fully saturated rings. The molecule has 0 bridgehead atoms. The number of rotatable bonds is 5. The zero-order chi connectivity index (χ0) is 18.4. The van der Waals surface area contributed by atoms with Crippen LogP contribution in [-0.4, -0.2) is 49.3 Å². The van der Waals surface area contributed by atoms with Crippen LogP contribution in [-0.2, 0) is 0 Å². The molecule has 4 amide bonds. The van der Waals surface area contributed by atoms with Gasteiger partial charge in [0.05, 0.1) is 32.2 Å². The van der Waals surface area contributed by atoms with Gasteiger partial charge in [-0.2, -0.15) is 10.2 Å². The third-order valence-electron chi connectivity index (χ3n) is 3.34. The molecular weight excluding hydrogens is 328 g/mol. The third-order valence-corrected chi connectivity index (χ3v) is 3.34. The second kappa shape index (κ2) is 7.99. The van der Waals surface area contributed by atoms with Gasteiger partial charge >= 0.3 is 12.1 Å². The molecule has 0 saturated carbocycles. The molecule has 1 aromatic carbocycles. The van der Waals surface area contributed by atoms with E-state index < -0.39 is 12.1 Å². The molecule has 1 aromatic rings. The summed E-state index contributed by atoms with van der Waals surface area (Å²) in [5, 5.41) is 8.87. The summed E-state index contributed by atoms with van der Waals surface area (Å²) in [6, 6.07) is 4.10. The molecule has 0 atom stereocenters. The number of hydrogen-bond donors (Lipinski definition) is 3. The summed E-state index contributed by atoms with van der Waals surface area (Å²) in [5.41, 5.74) is 8.95. The zero-order valence-corrected chi connectivity index (χ0v) is 14.4. The standard InChI is InChI=1S/C15H20N6O4/c1-9-8-21(15(23)19-16-9)20-14(22)18-17-10(2)11-5-6-12(24-3)13(7-11)25-4/h5-7H,8H2,1-4H3,(H,19,23)(H2,18,20,22)/b17-10+. The van der Waals surface area contributed by atoms with Crippen LogP contribution in [0.4, 0.5) is 9.59 Å². The Morgan fingerprint density at radius 2 is 2.04 bits per heavy atom. The molecule has 10 nitrogen and oxygen atoms in total. The number of nitrogens with one attached hydrogen (secondary N) is 3. The fraction of sp³-hybridized carbons (Fsp3) is 0.333. The quantitative estimate of drug-likeness (QED) is 0.544. The SMILES string of the molecule is COc1ccc(/C(C)=N/NC(=O)NN2CC(C)=NNC2=O)cc1OC. The van der Waals surface area contributed by atoms with Crippen LogP contribution in [0.15, 0.2) is 28.4 Å². The molecule has 2 rings (SSSR count). The fourth-order valence-corrected chi connectivity index (χ4v) is 2.04. The van der Waals surface area contributed by atoms with E-state index in [0.29, 0.717) is 22.9 Å². The van der Waals surface area contributed by atoms with Gasteiger partial charge in [0.25, 0.3) is 0 Å². The van der Waals surface area contributed by atoms with Gasteiger partial charge in [0.15, 0.2) is 11.5 Å². The summed E-state index contributed by atoms with van der Waals surface area (Å²) in [6.07, 6.45) is 0. The first kappa shape index (κ1) is 18.0. The number of nitrogens with zero attached hydrogens (tertiary/aromatic N) is 3. The van der Waals surface area contributed by atoms with Crippen LogP contribution in [0.25, 0.3) is 0 Å². The average Bonchev–Trinajstić information content (AvgIpc) is 2.62. The summed E-state index contributed by atoms with van der Waals surface area (Å²) >= 11 is 0. The molecule has 0 aromatic heterocycles. The Labute approximate surface area is 144 Å². The number of urea groups is 2. The van der Waals surface area contributed by atoms with Gasteiger partial charge in [-0.3, -0.25) is 0 Å². The number of carbonyl (C=O) groups excluding carboxylic acids is 2. The van der Waals surface area contributed by atoms with E-state index in [1.165, 1.54) is 7.11 Å². The lowest BCUT2D eigenvalue weighted by atomic mass is 10.1. The van der Waals surface area contributed by atoms with Gasteiger partial charge in [-0.25, -0.2) is 30.9 Å². The molecule has 1 aliphatic rings. The van der Waals surface area contributed by atoms with Crippen molar-refractivity contribution in [3.05, 3.63) is 23.8 Å². The van der Waals surface area contributed by atoms with Gasteiger partial charge in [0.2, 0.25) is 0 Å². The Hall–Kier alpha value is -3.30. The van der Waals surface area contributed by atoms with Gasteiger partial charge in [0, 0.05) is 5.56 Å². The maximum Gasteiger partial charge on any atom is 0.356 e. The topological polar surface area (TPSA) is 117 Å². The first-order valence-corrected chi connectivity index (χ1v) is 7.38. The maximum absolute atomic E-state index is 11.9. The van der Waals surface area contributed by atoms with Crippen LogP contribution in [0, 0.1) is 0 Å². The summed E-state index contributed by atoms with van der Waals surface area (Å²) < 4.78 is 10.4. The minimum atomic E-state index is -0.648. The maximum atomic E-state index is 11.9. The number of hydrogen-bond acceptors (Lipinski definition) is 6. The van der Waals surface area contributed by atoms with Crippen molar-refractivity contribution < 1.29 is 19.1 Å². The summed E-state index contributed by atoms with van der Waals surface area (Å²) in [5.74, 6) is 1.15. The molecule has 1 heterocycles. The van der Waals surface area contributed by atoms with Gasteiger partial charge in [-0.15, -0.1) is 0 Å². The highest BCUT2D eigenvalue weighted by Crippen LogP contribution is 2.27. The van der Waals surface area contributed by atoms with Crippen molar-refractivity contribution in [2.24, 2.45) is 10.2 Å². The average molecular weight is 348 g/mol. The van der Waals surface area contributed by atoms with Crippen molar-refractivity contribution in [1.82, 2.24) is 21.3 Å². The molecule has 1 aliphatic heterocycles. The molecule has 134 valence electrons. The van der Waals surface area contributed by atoms with Crippen LogP contribution in [0.3, 0.4) is 0 Å². The van der Waals surface area contributed by atoms with Crippen molar-refractivity contribution in [1.29, 1.82) is 0 Å². The van der Waals surface area contributed by atoms with E-state index in [2.05, 4.69) is 26.5 Å². The van der Waals surface area contributed by atoms with Crippen molar-refractivity contribution in [2.45, 2.75) is 13.8 Å². The smallest absolute Gasteiger partial charge is 0.356 e. The first-order valence-electron chi connectivity index (χ1n) is 7.38. The van der Waals surface area contributed by atoms with E-state index >= 15 is 0 Å². The van der Waals surface area contributed by atoms with Crippen molar-refractivity contribution in [3.63, 3.8) is 0 Å². The highest BCUT2D eigenvalue weighted by atomic mass is 16.5. The molecule has 3 N–H and O–H groups in total.